The van der Waals surface area contributed by atoms with Crippen LogP contribution in [0.3, 0.4) is 0 Å². The first-order chi connectivity index (χ1) is 14.2. The number of carbonyl (C=O) groups excluding carboxylic acids is 1. The van der Waals surface area contributed by atoms with Gasteiger partial charge in [-0.15, -0.1) is 0 Å². The second-order valence-corrected chi connectivity index (χ2v) is 7.64. The largest absolute Gasteiger partial charge is 0.490 e. The van der Waals surface area contributed by atoms with Gasteiger partial charge in [-0.25, -0.2) is 0 Å². The minimum Gasteiger partial charge on any atom is -0.490 e. The van der Waals surface area contributed by atoms with E-state index in [4.69, 9.17) is 25.2 Å². The lowest BCUT2D eigenvalue weighted by atomic mass is 9.87. The van der Waals surface area contributed by atoms with Gasteiger partial charge < -0.3 is 19.9 Å². The summed E-state index contributed by atoms with van der Waals surface area (Å²) in [5, 5.41) is 8.99. The molecule has 0 spiro atoms. The fourth-order valence-electron chi connectivity index (χ4n) is 2.69. The second kappa shape index (κ2) is 10.4. The van der Waals surface area contributed by atoms with Crippen molar-refractivity contribution in [2.24, 2.45) is 5.73 Å². The van der Waals surface area contributed by atoms with Crippen LogP contribution in [0.1, 0.15) is 38.8 Å². The summed E-state index contributed by atoms with van der Waals surface area (Å²) in [6.07, 6.45) is 1.42. The van der Waals surface area contributed by atoms with Gasteiger partial charge >= 0.3 is 0 Å². The van der Waals surface area contributed by atoms with Crippen molar-refractivity contribution in [1.82, 2.24) is 0 Å². The van der Waals surface area contributed by atoms with Gasteiger partial charge in [-0.05, 0) is 53.8 Å². The molecule has 0 aliphatic carbocycles. The molecule has 2 aromatic rings. The molecule has 0 heterocycles. The zero-order valence-electron chi connectivity index (χ0n) is 17.9. The Morgan fingerprint density at radius 3 is 2.27 bits per heavy atom. The number of nitrogens with two attached hydrogens (primary N) is 1. The van der Waals surface area contributed by atoms with E-state index in [-0.39, 0.29) is 11.0 Å². The molecule has 2 rings (SSSR count). The fourth-order valence-corrected chi connectivity index (χ4v) is 2.69. The van der Waals surface area contributed by atoms with Crippen molar-refractivity contribution in [3.8, 4) is 23.3 Å². The molecule has 6 heteroatoms. The fraction of sp³-hybridized carbons (Fsp3) is 0.333. The zero-order valence-corrected chi connectivity index (χ0v) is 17.9. The lowest BCUT2D eigenvalue weighted by molar-refractivity contribution is -0.114. The van der Waals surface area contributed by atoms with E-state index < -0.39 is 5.91 Å². The van der Waals surface area contributed by atoms with E-state index >= 15 is 0 Å². The van der Waals surface area contributed by atoms with Crippen LogP contribution in [-0.4, -0.2) is 25.7 Å². The molecule has 0 saturated heterocycles. The van der Waals surface area contributed by atoms with Gasteiger partial charge in [-0.3, -0.25) is 4.79 Å². The summed E-state index contributed by atoms with van der Waals surface area (Å²) in [4.78, 5) is 11.2. The van der Waals surface area contributed by atoms with Gasteiger partial charge in [-0.2, -0.15) is 5.26 Å². The van der Waals surface area contributed by atoms with Gasteiger partial charge in [0.25, 0.3) is 5.91 Å². The van der Waals surface area contributed by atoms with Crippen molar-refractivity contribution in [1.29, 1.82) is 5.26 Å². The Kier molecular flexibility index (Phi) is 7.88. The van der Waals surface area contributed by atoms with Gasteiger partial charge in [-0.1, -0.05) is 39.0 Å². The van der Waals surface area contributed by atoms with E-state index in [0.29, 0.717) is 36.9 Å². The molecule has 0 aliphatic heterocycles. The number of hydrogen-bond acceptors (Lipinski definition) is 5. The summed E-state index contributed by atoms with van der Waals surface area (Å²) in [5.74, 6) is 1.08. The smallest absolute Gasteiger partial charge is 0.259 e. The van der Waals surface area contributed by atoms with Crippen LogP contribution in [0.5, 0.6) is 17.2 Å². The van der Waals surface area contributed by atoms with Gasteiger partial charge in [0, 0.05) is 0 Å². The third kappa shape index (κ3) is 6.56. The first-order valence-electron chi connectivity index (χ1n) is 9.79. The minimum atomic E-state index is -0.775. The van der Waals surface area contributed by atoms with Gasteiger partial charge in [0.15, 0.2) is 11.5 Å². The average Bonchev–Trinajstić information content (AvgIpc) is 2.70. The molecule has 1 amide bonds. The molecular weight excluding hydrogens is 380 g/mol. The summed E-state index contributed by atoms with van der Waals surface area (Å²) in [7, 11) is 0. The lowest BCUT2D eigenvalue weighted by Crippen LogP contribution is -2.12. The predicted molar refractivity (Wildman–Crippen MR) is 117 cm³/mol. The molecule has 0 fully saturated rings. The van der Waals surface area contributed by atoms with E-state index in [2.05, 4.69) is 32.9 Å². The van der Waals surface area contributed by atoms with Crippen LogP contribution in [0.4, 0.5) is 0 Å². The van der Waals surface area contributed by atoms with Crippen LogP contribution in [0, 0.1) is 11.3 Å². The number of hydrogen-bond donors (Lipinski definition) is 1. The molecule has 0 bridgehead atoms. The topological polar surface area (TPSA) is 94.6 Å². The molecule has 0 atom stereocenters. The maximum atomic E-state index is 11.2. The third-order valence-corrected chi connectivity index (χ3v) is 4.29. The van der Waals surface area contributed by atoms with Gasteiger partial charge in [0.2, 0.25) is 0 Å². The quantitative estimate of drug-likeness (QED) is 0.381. The van der Waals surface area contributed by atoms with Crippen LogP contribution in [0.15, 0.2) is 48.0 Å². The summed E-state index contributed by atoms with van der Waals surface area (Å²) in [6, 6.07) is 15.0. The molecule has 0 unspecified atom stereocenters. The SMILES string of the molecule is CCOc1cc(/C=C(\C#N)C(N)=O)ccc1OCCOc1ccc(C(C)(C)C)cc1. The van der Waals surface area contributed by atoms with Crippen molar-refractivity contribution >= 4 is 12.0 Å². The van der Waals surface area contributed by atoms with Crippen LogP contribution in [0.2, 0.25) is 0 Å². The monoisotopic (exact) mass is 408 g/mol. The number of nitrogens with zero attached hydrogens (tertiary/aromatic N) is 1. The predicted octanol–water partition coefficient (Wildman–Crippen LogP) is 4.23. The Hall–Kier alpha value is -3.46. The maximum absolute atomic E-state index is 11.2. The summed E-state index contributed by atoms with van der Waals surface area (Å²) in [5.41, 5.74) is 7.02. The number of benzene rings is 2. The highest BCUT2D eigenvalue weighted by molar-refractivity contribution is 6.00. The molecule has 158 valence electrons. The summed E-state index contributed by atoms with van der Waals surface area (Å²) < 4.78 is 17.2. The van der Waals surface area contributed by atoms with Gasteiger partial charge in [0.05, 0.1) is 6.61 Å². The molecule has 0 saturated carbocycles. The first kappa shape index (κ1) is 22.8. The number of primary amides is 1. The second-order valence-electron chi connectivity index (χ2n) is 7.64. The van der Waals surface area contributed by atoms with Gasteiger partial charge in [0.1, 0.15) is 30.6 Å². The molecule has 0 radical (unpaired) electrons. The third-order valence-electron chi connectivity index (χ3n) is 4.29. The number of rotatable bonds is 9. The molecule has 6 nitrogen and oxygen atoms in total. The minimum absolute atomic E-state index is 0.101. The normalized spacial score (nSPS) is 11.5. The van der Waals surface area contributed by atoms with Crippen molar-refractivity contribution in [2.75, 3.05) is 19.8 Å². The number of carbonyl (C=O) groups is 1. The Balaban J connectivity index is 1.99. The zero-order chi connectivity index (χ0) is 22.1. The molecule has 2 N–H and O–H groups in total. The lowest BCUT2D eigenvalue weighted by Gasteiger charge is -2.19. The van der Waals surface area contributed by atoms with Crippen LogP contribution in [-0.2, 0) is 10.2 Å². The molecule has 0 aromatic heterocycles. The van der Waals surface area contributed by atoms with Crippen molar-refractivity contribution in [3.05, 3.63) is 59.2 Å². The first-order valence-corrected chi connectivity index (χ1v) is 9.79. The molecular formula is C24H28N2O4. The summed E-state index contributed by atoms with van der Waals surface area (Å²) >= 11 is 0. The highest BCUT2D eigenvalue weighted by atomic mass is 16.5. The Morgan fingerprint density at radius 2 is 1.70 bits per heavy atom. The number of amides is 1. The van der Waals surface area contributed by atoms with Crippen molar-refractivity contribution < 1.29 is 19.0 Å². The van der Waals surface area contributed by atoms with E-state index in [9.17, 15) is 4.79 Å². The standard InChI is InChI=1S/C24H28N2O4/c1-5-28-22-15-17(14-18(16-25)23(26)27)6-11-21(22)30-13-12-29-20-9-7-19(8-10-20)24(2,3)4/h6-11,14-15H,5,12-13H2,1-4H3,(H2,26,27)/b18-14+. The van der Waals surface area contributed by atoms with E-state index in [1.165, 1.54) is 11.6 Å². The van der Waals surface area contributed by atoms with Crippen LogP contribution < -0.4 is 19.9 Å². The molecule has 0 aliphatic rings. The van der Waals surface area contributed by atoms with E-state index in [0.717, 1.165) is 5.75 Å². The Morgan fingerprint density at radius 1 is 1.03 bits per heavy atom. The molecule has 2 aromatic carbocycles. The maximum Gasteiger partial charge on any atom is 0.259 e. The van der Waals surface area contributed by atoms with Crippen molar-refractivity contribution in [2.45, 2.75) is 33.1 Å². The number of ether oxygens (including phenoxy) is 3. The Bertz CT molecular complexity index is 935. The molecule has 30 heavy (non-hydrogen) atoms. The van der Waals surface area contributed by atoms with Crippen LogP contribution in [0.25, 0.3) is 6.08 Å². The van der Waals surface area contributed by atoms with Crippen LogP contribution >= 0.6 is 0 Å². The van der Waals surface area contributed by atoms with E-state index in [1.807, 2.05) is 19.1 Å². The number of nitriles is 1. The Labute approximate surface area is 177 Å². The highest BCUT2D eigenvalue weighted by Gasteiger charge is 2.13. The van der Waals surface area contributed by atoms with E-state index in [1.54, 1.807) is 24.3 Å². The average molecular weight is 408 g/mol. The summed E-state index contributed by atoms with van der Waals surface area (Å²) in [6.45, 7) is 9.53. The highest BCUT2D eigenvalue weighted by Crippen LogP contribution is 2.29. The van der Waals surface area contributed by atoms with Crippen molar-refractivity contribution in [3.63, 3.8) is 0 Å².